The fourth-order valence-electron chi connectivity index (χ4n) is 2.27. The Morgan fingerprint density at radius 3 is 2.87 bits per heavy atom. The molecule has 0 aromatic heterocycles. The van der Waals surface area contributed by atoms with Gasteiger partial charge >= 0.3 is 0 Å². The first kappa shape index (κ1) is 11.0. The smallest absolute Gasteiger partial charge is 0.0440 e. The van der Waals surface area contributed by atoms with E-state index in [1.165, 1.54) is 23.1 Å². The van der Waals surface area contributed by atoms with Crippen LogP contribution in [0, 0.1) is 19.8 Å². The van der Waals surface area contributed by atoms with Crippen molar-refractivity contribution in [2.24, 2.45) is 5.92 Å². The largest absolute Gasteiger partial charge is 0.316 e. The van der Waals surface area contributed by atoms with Gasteiger partial charge in [-0.25, -0.2) is 0 Å². The number of nitrogens with one attached hydrogen (secondary N) is 1. The maximum absolute atomic E-state index is 6.26. The van der Waals surface area contributed by atoms with Crippen molar-refractivity contribution in [1.29, 1.82) is 0 Å². The van der Waals surface area contributed by atoms with Crippen molar-refractivity contribution >= 4 is 11.6 Å². The molecule has 1 N–H and O–H groups in total. The maximum Gasteiger partial charge on any atom is 0.0440 e. The van der Waals surface area contributed by atoms with E-state index in [-0.39, 0.29) is 0 Å². The van der Waals surface area contributed by atoms with Crippen LogP contribution in [-0.2, 0) is 6.42 Å². The highest BCUT2D eigenvalue weighted by Gasteiger charge is 2.17. The third kappa shape index (κ3) is 2.35. The molecule has 2 rings (SSSR count). The molecule has 0 bridgehead atoms. The van der Waals surface area contributed by atoms with Crippen LogP contribution in [0.1, 0.15) is 23.1 Å². The zero-order valence-electron chi connectivity index (χ0n) is 9.44. The van der Waals surface area contributed by atoms with Gasteiger partial charge in [-0.1, -0.05) is 17.7 Å². The fraction of sp³-hybridized carbons (Fsp3) is 0.538. The fourth-order valence-corrected chi connectivity index (χ4v) is 2.55. The lowest BCUT2D eigenvalue weighted by atomic mass is 9.93. The second-order valence-electron chi connectivity index (χ2n) is 4.53. The molecule has 0 saturated carbocycles. The molecule has 2 heteroatoms. The predicted octanol–water partition coefficient (Wildman–Crippen LogP) is 3.11. The summed E-state index contributed by atoms with van der Waals surface area (Å²) < 4.78 is 0. The first-order valence-electron chi connectivity index (χ1n) is 5.64. The van der Waals surface area contributed by atoms with Gasteiger partial charge in [0, 0.05) is 5.02 Å². The summed E-state index contributed by atoms with van der Waals surface area (Å²) in [4.78, 5) is 0. The summed E-state index contributed by atoms with van der Waals surface area (Å²) in [6.45, 7) is 6.64. The van der Waals surface area contributed by atoms with E-state index in [4.69, 9.17) is 11.6 Å². The molecule has 1 aliphatic rings. The summed E-state index contributed by atoms with van der Waals surface area (Å²) in [5.41, 5.74) is 4.07. The van der Waals surface area contributed by atoms with E-state index in [0.29, 0.717) is 0 Å². The summed E-state index contributed by atoms with van der Waals surface area (Å²) >= 11 is 6.26. The zero-order valence-corrected chi connectivity index (χ0v) is 10.2. The lowest BCUT2D eigenvalue weighted by Crippen LogP contribution is -2.11. The van der Waals surface area contributed by atoms with Gasteiger partial charge in [-0.15, -0.1) is 0 Å². The molecular formula is C13H18ClN. The Balaban J connectivity index is 2.22. The summed E-state index contributed by atoms with van der Waals surface area (Å²) in [6, 6.07) is 4.13. The first-order valence-corrected chi connectivity index (χ1v) is 6.01. The highest BCUT2D eigenvalue weighted by molar-refractivity contribution is 6.31. The molecule has 1 aromatic carbocycles. The van der Waals surface area contributed by atoms with Crippen molar-refractivity contribution in [2.45, 2.75) is 26.7 Å². The van der Waals surface area contributed by atoms with Crippen molar-refractivity contribution in [3.8, 4) is 0 Å². The molecule has 15 heavy (non-hydrogen) atoms. The third-order valence-electron chi connectivity index (χ3n) is 3.47. The van der Waals surface area contributed by atoms with Crippen LogP contribution >= 0.6 is 11.6 Å². The van der Waals surface area contributed by atoms with Crippen LogP contribution in [0.25, 0.3) is 0 Å². The van der Waals surface area contributed by atoms with Crippen LogP contribution in [0.5, 0.6) is 0 Å². The second-order valence-corrected chi connectivity index (χ2v) is 4.94. The molecule has 1 fully saturated rings. The summed E-state index contributed by atoms with van der Waals surface area (Å²) in [7, 11) is 0. The number of benzene rings is 1. The molecule has 0 amide bonds. The van der Waals surface area contributed by atoms with Gasteiger partial charge in [0.2, 0.25) is 0 Å². The maximum atomic E-state index is 6.26. The normalized spacial score (nSPS) is 20.9. The Morgan fingerprint density at radius 2 is 2.20 bits per heavy atom. The van der Waals surface area contributed by atoms with Gasteiger partial charge in [0.15, 0.2) is 0 Å². The molecule has 1 aromatic rings. The van der Waals surface area contributed by atoms with Crippen molar-refractivity contribution in [3.63, 3.8) is 0 Å². The van der Waals surface area contributed by atoms with Gasteiger partial charge in [0.25, 0.3) is 0 Å². The molecule has 1 unspecified atom stereocenters. The standard InChI is InChI=1S/C13H18ClN/c1-9-3-4-13(14)12(10(9)2)7-11-5-6-15-8-11/h3-4,11,15H,5-8H2,1-2H3. The topological polar surface area (TPSA) is 12.0 Å². The van der Waals surface area contributed by atoms with Gasteiger partial charge in [0.05, 0.1) is 0 Å². The van der Waals surface area contributed by atoms with Gasteiger partial charge < -0.3 is 5.32 Å². The van der Waals surface area contributed by atoms with Crippen LogP contribution in [0.15, 0.2) is 12.1 Å². The third-order valence-corrected chi connectivity index (χ3v) is 3.82. The average Bonchev–Trinajstić information content (AvgIpc) is 2.71. The van der Waals surface area contributed by atoms with Gasteiger partial charge in [0.1, 0.15) is 0 Å². The Bertz CT molecular complexity index is 354. The monoisotopic (exact) mass is 223 g/mol. The Morgan fingerprint density at radius 1 is 1.40 bits per heavy atom. The van der Waals surface area contributed by atoms with Gasteiger partial charge in [-0.05, 0) is 68.5 Å². The second kappa shape index (κ2) is 4.54. The first-order chi connectivity index (χ1) is 7.18. The van der Waals surface area contributed by atoms with E-state index in [1.54, 1.807) is 0 Å². The Labute approximate surface area is 96.8 Å². The minimum absolute atomic E-state index is 0.767. The van der Waals surface area contributed by atoms with Crippen molar-refractivity contribution in [1.82, 2.24) is 5.32 Å². The van der Waals surface area contributed by atoms with Crippen LogP contribution in [0.2, 0.25) is 5.02 Å². The van der Waals surface area contributed by atoms with Crippen molar-refractivity contribution < 1.29 is 0 Å². The van der Waals surface area contributed by atoms with Gasteiger partial charge in [-0.2, -0.15) is 0 Å². The van der Waals surface area contributed by atoms with E-state index < -0.39 is 0 Å². The number of hydrogen-bond acceptors (Lipinski definition) is 1. The number of rotatable bonds is 2. The molecule has 0 radical (unpaired) electrons. The molecule has 0 spiro atoms. The van der Waals surface area contributed by atoms with E-state index in [2.05, 4.69) is 25.2 Å². The van der Waals surface area contributed by atoms with Crippen LogP contribution < -0.4 is 5.32 Å². The van der Waals surface area contributed by atoms with Crippen LogP contribution in [-0.4, -0.2) is 13.1 Å². The molecule has 0 aliphatic carbocycles. The Hall–Kier alpha value is -0.530. The van der Waals surface area contributed by atoms with Crippen LogP contribution in [0.3, 0.4) is 0 Å². The lowest BCUT2D eigenvalue weighted by Gasteiger charge is -2.14. The quantitative estimate of drug-likeness (QED) is 0.813. The summed E-state index contributed by atoms with van der Waals surface area (Å²) in [5, 5.41) is 4.34. The molecule has 1 atom stereocenters. The number of halogens is 1. The van der Waals surface area contributed by atoms with E-state index >= 15 is 0 Å². The Kier molecular flexibility index (Phi) is 3.32. The lowest BCUT2D eigenvalue weighted by molar-refractivity contribution is 0.578. The minimum Gasteiger partial charge on any atom is -0.316 e. The zero-order chi connectivity index (χ0) is 10.8. The summed E-state index contributed by atoms with van der Waals surface area (Å²) in [5.74, 6) is 0.767. The van der Waals surface area contributed by atoms with E-state index in [1.807, 2.05) is 6.07 Å². The van der Waals surface area contributed by atoms with E-state index in [0.717, 1.165) is 30.5 Å². The van der Waals surface area contributed by atoms with Crippen molar-refractivity contribution in [3.05, 3.63) is 33.8 Å². The number of aryl methyl sites for hydroxylation is 1. The highest BCUT2D eigenvalue weighted by Crippen LogP contribution is 2.26. The van der Waals surface area contributed by atoms with Crippen molar-refractivity contribution in [2.75, 3.05) is 13.1 Å². The molecule has 1 saturated heterocycles. The highest BCUT2D eigenvalue weighted by atomic mass is 35.5. The van der Waals surface area contributed by atoms with Crippen LogP contribution in [0.4, 0.5) is 0 Å². The molecule has 1 heterocycles. The molecule has 1 nitrogen and oxygen atoms in total. The predicted molar refractivity (Wildman–Crippen MR) is 65.6 cm³/mol. The molecular weight excluding hydrogens is 206 g/mol. The van der Waals surface area contributed by atoms with E-state index in [9.17, 15) is 0 Å². The van der Waals surface area contributed by atoms with Gasteiger partial charge in [-0.3, -0.25) is 0 Å². The summed E-state index contributed by atoms with van der Waals surface area (Å²) in [6.07, 6.45) is 2.41. The average molecular weight is 224 g/mol. The number of hydrogen-bond donors (Lipinski definition) is 1. The minimum atomic E-state index is 0.767. The molecule has 1 aliphatic heterocycles. The molecule has 82 valence electrons. The SMILES string of the molecule is Cc1ccc(Cl)c(CC2CCNC2)c1C.